The molecule has 0 saturated carbocycles. The van der Waals surface area contributed by atoms with Crippen LogP contribution in [0.3, 0.4) is 0 Å². The molecule has 1 N–H and O–H groups in total. The van der Waals surface area contributed by atoms with Gasteiger partial charge in [-0.15, -0.1) is 0 Å². The highest BCUT2D eigenvalue weighted by Gasteiger charge is 2.27. The summed E-state index contributed by atoms with van der Waals surface area (Å²) in [4.78, 5) is 0. The van der Waals surface area contributed by atoms with Gasteiger partial charge in [0.1, 0.15) is 0 Å². The molecule has 0 aromatic rings. The van der Waals surface area contributed by atoms with E-state index in [1.54, 1.807) is 0 Å². The molecule has 0 unspecified atom stereocenters. The number of rotatable bonds is 2. The maximum Gasteiger partial charge on any atom is 0.0823 e. The first kappa shape index (κ1) is 10.0. The van der Waals surface area contributed by atoms with E-state index in [2.05, 4.69) is 20.8 Å². The lowest BCUT2D eigenvalue weighted by molar-refractivity contribution is 0.114. The van der Waals surface area contributed by atoms with Gasteiger partial charge in [-0.3, -0.25) is 0 Å². The van der Waals surface area contributed by atoms with E-state index in [9.17, 15) is 5.11 Å². The summed E-state index contributed by atoms with van der Waals surface area (Å²) in [5, 5.41) is 9.46. The minimum atomic E-state index is -0.215. The van der Waals surface area contributed by atoms with Crippen LogP contribution < -0.4 is 0 Å². The SMILES string of the molecule is CC(C)(C)CC[C@@H]1COC[C@H]1O. The second-order valence-electron chi connectivity index (χ2n) is 4.96. The van der Waals surface area contributed by atoms with E-state index in [0.29, 0.717) is 17.9 Å². The highest BCUT2D eigenvalue weighted by atomic mass is 16.5. The highest BCUT2D eigenvalue weighted by molar-refractivity contribution is 4.76. The monoisotopic (exact) mass is 172 g/mol. The van der Waals surface area contributed by atoms with E-state index in [4.69, 9.17) is 4.74 Å². The van der Waals surface area contributed by atoms with Gasteiger partial charge in [0.2, 0.25) is 0 Å². The van der Waals surface area contributed by atoms with Gasteiger partial charge in [0.05, 0.1) is 19.3 Å². The van der Waals surface area contributed by atoms with Gasteiger partial charge < -0.3 is 9.84 Å². The predicted molar refractivity (Wildman–Crippen MR) is 49.0 cm³/mol. The molecule has 0 amide bonds. The van der Waals surface area contributed by atoms with Gasteiger partial charge in [-0.2, -0.15) is 0 Å². The second kappa shape index (κ2) is 3.75. The predicted octanol–water partition coefficient (Wildman–Crippen LogP) is 1.82. The van der Waals surface area contributed by atoms with Crippen molar-refractivity contribution >= 4 is 0 Å². The molecule has 0 aromatic heterocycles. The molecule has 1 rings (SSSR count). The Labute approximate surface area is 74.9 Å². The molecule has 1 fully saturated rings. The van der Waals surface area contributed by atoms with Crippen LogP contribution in [0.1, 0.15) is 33.6 Å². The molecule has 12 heavy (non-hydrogen) atoms. The average Bonchev–Trinajstić information content (AvgIpc) is 2.29. The first-order valence-electron chi connectivity index (χ1n) is 4.75. The Morgan fingerprint density at radius 2 is 2.00 bits per heavy atom. The minimum absolute atomic E-state index is 0.215. The molecule has 2 heteroatoms. The van der Waals surface area contributed by atoms with Crippen LogP contribution in [-0.2, 0) is 4.74 Å². The van der Waals surface area contributed by atoms with Crippen LogP contribution in [0.25, 0.3) is 0 Å². The molecule has 0 aromatic carbocycles. The van der Waals surface area contributed by atoms with Crippen molar-refractivity contribution in [1.82, 2.24) is 0 Å². The molecule has 1 aliphatic heterocycles. The molecule has 0 spiro atoms. The van der Waals surface area contributed by atoms with E-state index >= 15 is 0 Å². The summed E-state index contributed by atoms with van der Waals surface area (Å²) in [6.07, 6.45) is 2.04. The molecule has 2 nitrogen and oxygen atoms in total. The van der Waals surface area contributed by atoms with Gasteiger partial charge in [0, 0.05) is 5.92 Å². The van der Waals surface area contributed by atoms with Gasteiger partial charge in [0.15, 0.2) is 0 Å². The molecule has 0 radical (unpaired) electrons. The topological polar surface area (TPSA) is 29.5 Å². The summed E-state index contributed by atoms with van der Waals surface area (Å²) in [6, 6.07) is 0. The Morgan fingerprint density at radius 3 is 2.42 bits per heavy atom. The lowest BCUT2D eigenvalue weighted by Gasteiger charge is -2.21. The third-order valence-corrected chi connectivity index (χ3v) is 2.43. The van der Waals surface area contributed by atoms with E-state index in [-0.39, 0.29) is 6.10 Å². The largest absolute Gasteiger partial charge is 0.390 e. The standard InChI is InChI=1S/C10H20O2/c1-10(2,3)5-4-8-6-12-7-9(8)11/h8-9,11H,4-7H2,1-3H3/t8-,9-/m1/s1. The van der Waals surface area contributed by atoms with Crippen LogP contribution in [0.4, 0.5) is 0 Å². The van der Waals surface area contributed by atoms with Crippen molar-refractivity contribution in [2.45, 2.75) is 39.7 Å². The van der Waals surface area contributed by atoms with Crippen LogP contribution in [0.5, 0.6) is 0 Å². The molecule has 0 bridgehead atoms. The van der Waals surface area contributed by atoms with Crippen molar-refractivity contribution in [1.29, 1.82) is 0 Å². The Kier molecular flexibility index (Phi) is 3.13. The molecular weight excluding hydrogens is 152 g/mol. The minimum Gasteiger partial charge on any atom is -0.390 e. The molecule has 1 saturated heterocycles. The van der Waals surface area contributed by atoms with Crippen molar-refractivity contribution < 1.29 is 9.84 Å². The van der Waals surface area contributed by atoms with Crippen molar-refractivity contribution in [2.75, 3.05) is 13.2 Å². The van der Waals surface area contributed by atoms with Crippen LogP contribution in [0.15, 0.2) is 0 Å². The van der Waals surface area contributed by atoms with E-state index in [0.717, 1.165) is 19.4 Å². The van der Waals surface area contributed by atoms with Gasteiger partial charge in [-0.05, 0) is 18.3 Å². The average molecular weight is 172 g/mol. The second-order valence-corrected chi connectivity index (χ2v) is 4.96. The maximum absolute atomic E-state index is 9.46. The summed E-state index contributed by atoms with van der Waals surface area (Å²) < 4.78 is 5.18. The molecule has 1 heterocycles. The molecule has 2 atom stereocenters. The van der Waals surface area contributed by atoms with Gasteiger partial charge >= 0.3 is 0 Å². The Bertz CT molecular complexity index is 137. The number of hydrogen-bond acceptors (Lipinski definition) is 2. The third-order valence-electron chi connectivity index (χ3n) is 2.43. The van der Waals surface area contributed by atoms with Crippen LogP contribution >= 0.6 is 0 Å². The lowest BCUT2D eigenvalue weighted by Crippen LogP contribution is -2.19. The summed E-state index contributed by atoms with van der Waals surface area (Å²) in [5.41, 5.74) is 0.377. The molecule has 0 aliphatic carbocycles. The fourth-order valence-corrected chi connectivity index (χ4v) is 1.48. The Morgan fingerprint density at radius 1 is 1.33 bits per heavy atom. The van der Waals surface area contributed by atoms with Crippen molar-refractivity contribution in [3.05, 3.63) is 0 Å². The van der Waals surface area contributed by atoms with Crippen molar-refractivity contribution in [3.63, 3.8) is 0 Å². The fraction of sp³-hybridized carbons (Fsp3) is 1.00. The van der Waals surface area contributed by atoms with Gasteiger partial charge in [-0.1, -0.05) is 20.8 Å². The normalized spacial score (nSPS) is 31.0. The summed E-state index contributed by atoms with van der Waals surface area (Å²) in [6.45, 7) is 7.98. The van der Waals surface area contributed by atoms with E-state index in [1.165, 1.54) is 0 Å². The first-order valence-corrected chi connectivity index (χ1v) is 4.75. The van der Waals surface area contributed by atoms with E-state index in [1.807, 2.05) is 0 Å². The maximum atomic E-state index is 9.46. The van der Waals surface area contributed by atoms with Crippen molar-refractivity contribution in [3.8, 4) is 0 Å². The molecular formula is C10H20O2. The van der Waals surface area contributed by atoms with Crippen LogP contribution in [-0.4, -0.2) is 24.4 Å². The number of hydrogen-bond donors (Lipinski definition) is 1. The van der Waals surface area contributed by atoms with Crippen LogP contribution in [0.2, 0.25) is 0 Å². The Hall–Kier alpha value is -0.0800. The smallest absolute Gasteiger partial charge is 0.0823 e. The summed E-state index contributed by atoms with van der Waals surface area (Å²) in [5.74, 6) is 0.379. The lowest BCUT2D eigenvalue weighted by atomic mass is 9.86. The number of aliphatic hydroxyl groups is 1. The van der Waals surface area contributed by atoms with Crippen LogP contribution in [0, 0.1) is 11.3 Å². The summed E-state index contributed by atoms with van der Waals surface area (Å²) in [7, 11) is 0. The van der Waals surface area contributed by atoms with Gasteiger partial charge in [0.25, 0.3) is 0 Å². The molecule has 72 valence electrons. The highest BCUT2D eigenvalue weighted by Crippen LogP contribution is 2.27. The number of aliphatic hydroxyl groups excluding tert-OH is 1. The zero-order valence-corrected chi connectivity index (χ0v) is 8.34. The number of ether oxygens (including phenoxy) is 1. The zero-order valence-electron chi connectivity index (χ0n) is 8.34. The molecule has 1 aliphatic rings. The van der Waals surface area contributed by atoms with Crippen molar-refractivity contribution in [2.24, 2.45) is 11.3 Å². The summed E-state index contributed by atoms with van der Waals surface area (Å²) >= 11 is 0. The third kappa shape index (κ3) is 3.11. The quantitative estimate of drug-likeness (QED) is 0.688. The zero-order chi connectivity index (χ0) is 9.19. The van der Waals surface area contributed by atoms with Gasteiger partial charge in [-0.25, -0.2) is 0 Å². The Balaban J connectivity index is 2.23. The fourth-order valence-electron chi connectivity index (χ4n) is 1.48. The first-order chi connectivity index (χ1) is 5.49. The van der Waals surface area contributed by atoms with E-state index < -0.39 is 0 Å².